The molecule has 0 aliphatic heterocycles. The summed E-state index contributed by atoms with van der Waals surface area (Å²) >= 11 is 0. The number of nitrogens with two attached hydrogens (primary N) is 1. The fourth-order valence-corrected chi connectivity index (χ4v) is 1.01. The standard InChI is InChI=1S/C10H13N3O3/c1-2-3-9(14)16-13-10(15)7-4-5-12-8(11)6-7/h4-6H,2-3H2,1H3,(H2,11,12)(H,13,15). The molecule has 3 N–H and O–H groups in total. The van der Waals surface area contributed by atoms with Gasteiger partial charge >= 0.3 is 5.97 Å². The van der Waals surface area contributed by atoms with Crippen LogP contribution in [0, 0.1) is 0 Å². The number of pyridine rings is 1. The van der Waals surface area contributed by atoms with Gasteiger partial charge in [-0.05, 0) is 18.6 Å². The topological polar surface area (TPSA) is 94.3 Å². The van der Waals surface area contributed by atoms with Crippen LogP contribution < -0.4 is 11.2 Å². The number of hydrogen-bond donors (Lipinski definition) is 2. The maximum absolute atomic E-state index is 11.4. The number of carbonyl (C=O) groups is 2. The number of nitrogens with zero attached hydrogens (tertiary/aromatic N) is 1. The maximum Gasteiger partial charge on any atom is 0.332 e. The SMILES string of the molecule is CCCC(=O)ONC(=O)c1ccnc(N)c1. The van der Waals surface area contributed by atoms with E-state index < -0.39 is 11.9 Å². The Bertz CT molecular complexity index is 393. The molecular weight excluding hydrogens is 210 g/mol. The fourth-order valence-electron chi connectivity index (χ4n) is 1.01. The molecule has 16 heavy (non-hydrogen) atoms. The van der Waals surface area contributed by atoms with Gasteiger partial charge in [-0.15, -0.1) is 0 Å². The highest BCUT2D eigenvalue weighted by Gasteiger charge is 2.08. The van der Waals surface area contributed by atoms with Gasteiger partial charge in [0, 0.05) is 18.2 Å². The molecule has 0 unspecified atom stereocenters. The van der Waals surface area contributed by atoms with Gasteiger partial charge in [-0.1, -0.05) is 6.92 Å². The predicted molar refractivity (Wildman–Crippen MR) is 57.1 cm³/mol. The van der Waals surface area contributed by atoms with Crippen LogP contribution in [0.1, 0.15) is 30.1 Å². The molecule has 0 radical (unpaired) electrons. The van der Waals surface area contributed by atoms with Crippen molar-refractivity contribution < 1.29 is 14.4 Å². The van der Waals surface area contributed by atoms with E-state index >= 15 is 0 Å². The summed E-state index contributed by atoms with van der Waals surface area (Å²) in [6.45, 7) is 1.84. The number of hydrogen-bond acceptors (Lipinski definition) is 5. The highest BCUT2D eigenvalue weighted by atomic mass is 16.7. The van der Waals surface area contributed by atoms with E-state index in [1.165, 1.54) is 18.3 Å². The molecule has 0 aliphatic rings. The Morgan fingerprint density at radius 2 is 2.31 bits per heavy atom. The summed E-state index contributed by atoms with van der Waals surface area (Å²) in [5, 5.41) is 0. The van der Waals surface area contributed by atoms with E-state index in [1.54, 1.807) is 0 Å². The molecule has 0 aromatic carbocycles. The number of carbonyl (C=O) groups excluding carboxylic acids is 2. The molecule has 0 bridgehead atoms. The highest BCUT2D eigenvalue weighted by molar-refractivity contribution is 5.94. The average molecular weight is 223 g/mol. The zero-order valence-corrected chi connectivity index (χ0v) is 8.90. The number of rotatable bonds is 3. The third-order valence-electron chi connectivity index (χ3n) is 1.75. The summed E-state index contributed by atoms with van der Waals surface area (Å²) < 4.78 is 0. The second kappa shape index (κ2) is 5.69. The maximum atomic E-state index is 11.4. The van der Waals surface area contributed by atoms with Gasteiger partial charge < -0.3 is 10.6 Å². The minimum absolute atomic E-state index is 0.229. The zero-order valence-electron chi connectivity index (χ0n) is 8.90. The molecule has 1 aromatic heterocycles. The zero-order chi connectivity index (χ0) is 12.0. The summed E-state index contributed by atoms with van der Waals surface area (Å²) in [4.78, 5) is 30.7. The number of nitrogen functional groups attached to an aromatic ring is 1. The summed E-state index contributed by atoms with van der Waals surface area (Å²) in [6.07, 6.45) is 2.33. The van der Waals surface area contributed by atoms with Gasteiger partial charge in [-0.3, -0.25) is 4.79 Å². The second-order valence-electron chi connectivity index (χ2n) is 3.12. The summed E-state index contributed by atoms with van der Waals surface area (Å²) in [6, 6.07) is 2.86. The van der Waals surface area contributed by atoms with Crippen molar-refractivity contribution in [3.63, 3.8) is 0 Å². The highest BCUT2D eigenvalue weighted by Crippen LogP contribution is 2.02. The van der Waals surface area contributed by atoms with Gasteiger partial charge in [0.05, 0.1) is 0 Å². The van der Waals surface area contributed by atoms with Crippen LogP contribution in [0.5, 0.6) is 0 Å². The first kappa shape index (κ1) is 12.0. The monoisotopic (exact) mass is 223 g/mol. The number of anilines is 1. The van der Waals surface area contributed by atoms with Crippen molar-refractivity contribution in [2.75, 3.05) is 5.73 Å². The van der Waals surface area contributed by atoms with Gasteiger partial charge in [0.2, 0.25) is 0 Å². The Morgan fingerprint density at radius 3 is 2.94 bits per heavy atom. The van der Waals surface area contributed by atoms with E-state index in [2.05, 4.69) is 9.82 Å². The Kier molecular flexibility index (Phi) is 4.26. The molecule has 86 valence electrons. The third-order valence-corrected chi connectivity index (χ3v) is 1.75. The molecular formula is C10H13N3O3. The molecule has 1 aromatic rings. The Morgan fingerprint density at radius 1 is 1.56 bits per heavy atom. The van der Waals surface area contributed by atoms with Gasteiger partial charge in [-0.2, -0.15) is 5.48 Å². The second-order valence-corrected chi connectivity index (χ2v) is 3.12. The molecule has 0 saturated heterocycles. The normalized spacial score (nSPS) is 9.56. The smallest absolute Gasteiger partial charge is 0.332 e. The summed E-state index contributed by atoms with van der Waals surface area (Å²) in [7, 11) is 0. The van der Waals surface area contributed by atoms with Crippen LogP contribution in [0.2, 0.25) is 0 Å². The lowest BCUT2D eigenvalue weighted by Crippen LogP contribution is -2.27. The molecule has 1 heterocycles. The van der Waals surface area contributed by atoms with Crippen molar-refractivity contribution in [2.24, 2.45) is 0 Å². The molecule has 0 atom stereocenters. The minimum atomic E-state index is -0.529. The van der Waals surface area contributed by atoms with Crippen LogP contribution in [-0.2, 0) is 9.63 Å². The van der Waals surface area contributed by atoms with Gasteiger partial charge in [-0.25, -0.2) is 9.78 Å². The molecule has 6 heteroatoms. The molecule has 0 spiro atoms. The summed E-state index contributed by atoms with van der Waals surface area (Å²) in [5.41, 5.74) is 7.73. The largest absolute Gasteiger partial charge is 0.384 e. The lowest BCUT2D eigenvalue weighted by molar-refractivity contribution is -0.149. The first-order valence-electron chi connectivity index (χ1n) is 4.85. The van der Waals surface area contributed by atoms with Crippen molar-refractivity contribution in [2.45, 2.75) is 19.8 Å². The van der Waals surface area contributed by atoms with E-state index in [0.29, 0.717) is 6.42 Å². The van der Waals surface area contributed by atoms with Gasteiger partial charge in [0.1, 0.15) is 5.82 Å². The lowest BCUT2D eigenvalue weighted by Gasteiger charge is -2.05. The number of amides is 1. The fraction of sp³-hybridized carbons (Fsp3) is 0.300. The average Bonchev–Trinajstić information content (AvgIpc) is 2.26. The van der Waals surface area contributed by atoms with Crippen molar-refractivity contribution in [3.8, 4) is 0 Å². The number of aromatic nitrogens is 1. The molecule has 6 nitrogen and oxygen atoms in total. The Hall–Kier alpha value is -2.11. The van der Waals surface area contributed by atoms with Crippen LogP contribution in [0.3, 0.4) is 0 Å². The van der Waals surface area contributed by atoms with Gasteiger partial charge in [0.25, 0.3) is 5.91 Å². The number of nitrogens with one attached hydrogen (secondary N) is 1. The molecule has 0 fully saturated rings. The van der Waals surface area contributed by atoms with Crippen molar-refractivity contribution in [3.05, 3.63) is 23.9 Å². The minimum Gasteiger partial charge on any atom is -0.384 e. The van der Waals surface area contributed by atoms with Crippen molar-refractivity contribution >= 4 is 17.7 Å². The lowest BCUT2D eigenvalue weighted by atomic mass is 10.2. The van der Waals surface area contributed by atoms with E-state index in [4.69, 9.17) is 5.73 Å². The van der Waals surface area contributed by atoms with Crippen LogP contribution >= 0.6 is 0 Å². The Balaban J connectivity index is 2.50. The van der Waals surface area contributed by atoms with Gasteiger partial charge in [0.15, 0.2) is 0 Å². The quantitative estimate of drug-likeness (QED) is 0.734. The molecule has 1 rings (SSSR count). The van der Waals surface area contributed by atoms with Crippen molar-refractivity contribution in [1.29, 1.82) is 0 Å². The molecule has 0 aliphatic carbocycles. The van der Waals surface area contributed by atoms with Crippen molar-refractivity contribution in [1.82, 2.24) is 10.5 Å². The van der Waals surface area contributed by atoms with E-state index in [0.717, 1.165) is 0 Å². The molecule has 1 amide bonds. The first-order chi connectivity index (χ1) is 7.63. The van der Waals surface area contributed by atoms with Crippen LogP contribution in [0.4, 0.5) is 5.82 Å². The first-order valence-corrected chi connectivity index (χ1v) is 4.85. The molecule has 0 saturated carbocycles. The van der Waals surface area contributed by atoms with E-state index in [-0.39, 0.29) is 17.8 Å². The predicted octanol–water partition coefficient (Wildman–Crippen LogP) is 0.652. The third kappa shape index (κ3) is 3.56. The van der Waals surface area contributed by atoms with Crippen LogP contribution in [0.15, 0.2) is 18.3 Å². The van der Waals surface area contributed by atoms with Crippen LogP contribution in [0.25, 0.3) is 0 Å². The van der Waals surface area contributed by atoms with E-state index in [9.17, 15) is 9.59 Å². The van der Waals surface area contributed by atoms with E-state index in [1.807, 2.05) is 12.4 Å². The van der Waals surface area contributed by atoms with Crippen LogP contribution in [-0.4, -0.2) is 16.9 Å². The summed E-state index contributed by atoms with van der Waals surface area (Å²) in [5.74, 6) is -0.774. The Labute approximate surface area is 92.8 Å². The number of hydroxylamine groups is 1.